The predicted octanol–water partition coefficient (Wildman–Crippen LogP) is 0.789. The van der Waals surface area contributed by atoms with Crippen molar-refractivity contribution in [1.82, 2.24) is 26.1 Å². The van der Waals surface area contributed by atoms with Gasteiger partial charge in [-0.25, -0.2) is 15.4 Å². The van der Waals surface area contributed by atoms with Crippen LogP contribution < -0.4 is 16.2 Å². The molecule has 24 heavy (non-hydrogen) atoms. The second-order valence-corrected chi connectivity index (χ2v) is 7.52. The lowest BCUT2D eigenvalue weighted by molar-refractivity contribution is -0.0821. The van der Waals surface area contributed by atoms with Crippen LogP contribution in [0.25, 0.3) is 0 Å². The number of methoxy groups -OCH3 is 1. The fraction of sp³-hybridized carbons (Fsp3) is 0.706. The van der Waals surface area contributed by atoms with E-state index >= 15 is 0 Å². The number of carbonyl (C=O) groups excluding carboxylic acids is 1. The number of amides is 1. The first-order valence-electron chi connectivity index (χ1n) is 8.79. The molecule has 7 heteroatoms. The Kier molecular flexibility index (Phi) is 4.24. The normalized spacial score (nSPS) is 37.2. The van der Waals surface area contributed by atoms with E-state index in [1.54, 1.807) is 7.11 Å². The van der Waals surface area contributed by atoms with Crippen LogP contribution >= 0.6 is 0 Å². The Morgan fingerprint density at radius 2 is 2.00 bits per heavy atom. The molecule has 4 aliphatic carbocycles. The van der Waals surface area contributed by atoms with Crippen LogP contribution in [-0.4, -0.2) is 46.7 Å². The molecule has 4 saturated carbocycles. The molecule has 0 aromatic carbocycles. The third-order valence-corrected chi connectivity index (χ3v) is 5.83. The van der Waals surface area contributed by atoms with Gasteiger partial charge in [-0.3, -0.25) is 10.2 Å². The summed E-state index contributed by atoms with van der Waals surface area (Å²) in [6, 6.07) is 0.592. The highest BCUT2D eigenvalue weighted by Crippen LogP contribution is 2.57. The molecule has 7 nitrogen and oxygen atoms in total. The lowest BCUT2D eigenvalue weighted by atomic mass is 9.49. The number of hydrogen-bond donors (Lipinski definition) is 3. The van der Waals surface area contributed by atoms with Crippen LogP contribution in [0.3, 0.4) is 0 Å². The Morgan fingerprint density at radius 1 is 1.25 bits per heavy atom. The van der Waals surface area contributed by atoms with Gasteiger partial charge in [0.25, 0.3) is 5.91 Å². The molecule has 4 aliphatic rings. The fourth-order valence-electron chi connectivity index (χ4n) is 4.41. The minimum Gasteiger partial charge on any atom is -0.380 e. The van der Waals surface area contributed by atoms with Crippen molar-refractivity contribution in [3.8, 4) is 0 Å². The minimum atomic E-state index is -0.201. The highest BCUT2D eigenvalue weighted by molar-refractivity contribution is 5.93. The van der Waals surface area contributed by atoms with Gasteiger partial charge in [-0.15, -0.1) is 0 Å². The minimum absolute atomic E-state index is 0.201. The number of hydrogen-bond acceptors (Lipinski definition) is 6. The summed E-state index contributed by atoms with van der Waals surface area (Å²) in [4.78, 5) is 19.8. The molecule has 1 heterocycles. The summed E-state index contributed by atoms with van der Waals surface area (Å²) in [5, 5.41) is 3.85. The standard InChI is InChI=1S/C17H25N5O2/c1-24-15-3-2-13(4-14(15)20-17-5-11(6-17)7-17)21-22-16(23)12-8-18-10-19-9-12/h8-11,13-15,20-21H,2-7H2,1H3,(H,22,23)/t11?,13-,14-,15-,17?/m1/s1. The van der Waals surface area contributed by atoms with Crippen molar-refractivity contribution < 1.29 is 9.53 Å². The van der Waals surface area contributed by atoms with Crippen molar-refractivity contribution >= 4 is 5.91 Å². The van der Waals surface area contributed by atoms with Crippen LogP contribution in [0.2, 0.25) is 0 Å². The molecule has 1 aromatic rings. The molecular formula is C17H25N5O2. The maximum Gasteiger partial charge on any atom is 0.268 e. The number of carbonyl (C=O) groups is 1. The van der Waals surface area contributed by atoms with Gasteiger partial charge in [0, 0.05) is 37.1 Å². The van der Waals surface area contributed by atoms with Crippen LogP contribution in [0.5, 0.6) is 0 Å². The molecule has 4 fully saturated rings. The van der Waals surface area contributed by atoms with E-state index in [1.165, 1.54) is 38.0 Å². The van der Waals surface area contributed by atoms with Gasteiger partial charge in [0.1, 0.15) is 6.33 Å². The number of aromatic nitrogens is 2. The van der Waals surface area contributed by atoms with E-state index in [9.17, 15) is 4.79 Å². The zero-order chi connectivity index (χ0) is 16.6. The van der Waals surface area contributed by atoms with Gasteiger partial charge in [0.15, 0.2) is 0 Å². The van der Waals surface area contributed by atoms with Crippen molar-refractivity contribution in [3.05, 3.63) is 24.3 Å². The van der Waals surface area contributed by atoms with Gasteiger partial charge < -0.3 is 10.1 Å². The third-order valence-electron chi connectivity index (χ3n) is 5.83. The highest BCUT2D eigenvalue weighted by Gasteiger charge is 2.57. The summed E-state index contributed by atoms with van der Waals surface area (Å²) in [6.45, 7) is 0. The van der Waals surface area contributed by atoms with E-state index in [0.29, 0.717) is 17.1 Å². The van der Waals surface area contributed by atoms with Gasteiger partial charge in [0.2, 0.25) is 0 Å². The van der Waals surface area contributed by atoms with Crippen molar-refractivity contribution in [2.75, 3.05) is 7.11 Å². The maximum absolute atomic E-state index is 12.1. The zero-order valence-corrected chi connectivity index (χ0v) is 14.0. The first kappa shape index (κ1) is 15.9. The SMILES string of the molecule is CO[C@@H]1CC[C@@H](NNC(=O)c2cncnc2)C[C@H]1NC12CC(C1)C2. The van der Waals surface area contributed by atoms with Crippen LogP contribution in [0.4, 0.5) is 0 Å². The van der Waals surface area contributed by atoms with E-state index in [2.05, 4.69) is 26.1 Å². The summed E-state index contributed by atoms with van der Waals surface area (Å²) < 4.78 is 5.68. The number of ether oxygens (including phenoxy) is 1. The average molecular weight is 331 g/mol. The Hall–Kier alpha value is -1.57. The Balaban J connectivity index is 1.30. The molecule has 1 amide bonds. The maximum atomic E-state index is 12.1. The molecule has 0 aliphatic heterocycles. The second kappa shape index (κ2) is 6.38. The Bertz CT molecular complexity index is 579. The first-order chi connectivity index (χ1) is 11.7. The van der Waals surface area contributed by atoms with Crippen LogP contribution in [0.1, 0.15) is 48.9 Å². The van der Waals surface area contributed by atoms with E-state index in [-0.39, 0.29) is 18.1 Å². The zero-order valence-electron chi connectivity index (χ0n) is 14.0. The lowest BCUT2D eigenvalue weighted by Gasteiger charge is -2.64. The fourth-order valence-corrected chi connectivity index (χ4v) is 4.41. The highest BCUT2D eigenvalue weighted by atomic mass is 16.5. The second-order valence-electron chi connectivity index (χ2n) is 7.52. The lowest BCUT2D eigenvalue weighted by Crippen LogP contribution is -2.71. The van der Waals surface area contributed by atoms with E-state index in [4.69, 9.17) is 4.74 Å². The molecule has 0 spiro atoms. The Labute approximate surface area is 141 Å². The van der Waals surface area contributed by atoms with Crippen molar-refractivity contribution in [2.24, 2.45) is 5.92 Å². The quantitative estimate of drug-likeness (QED) is 0.668. The monoisotopic (exact) mass is 331 g/mol. The summed E-state index contributed by atoms with van der Waals surface area (Å²) in [7, 11) is 1.80. The molecule has 0 radical (unpaired) electrons. The van der Waals surface area contributed by atoms with Gasteiger partial charge >= 0.3 is 0 Å². The van der Waals surface area contributed by atoms with Crippen LogP contribution in [0, 0.1) is 5.92 Å². The van der Waals surface area contributed by atoms with E-state index in [0.717, 1.165) is 25.2 Å². The van der Waals surface area contributed by atoms with Gasteiger partial charge in [0.05, 0.1) is 11.7 Å². The smallest absolute Gasteiger partial charge is 0.268 e. The van der Waals surface area contributed by atoms with Gasteiger partial charge in [-0.2, -0.15) is 0 Å². The number of nitrogens with one attached hydrogen (secondary N) is 3. The first-order valence-corrected chi connectivity index (χ1v) is 8.79. The third kappa shape index (κ3) is 3.03. The van der Waals surface area contributed by atoms with E-state index < -0.39 is 0 Å². The molecule has 2 bridgehead atoms. The molecule has 5 rings (SSSR count). The average Bonchev–Trinajstić information content (AvgIpc) is 2.55. The summed E-state index contributed by atoms with van der Waals surface area (Å²) in [6.07, 6.45) is 11.6. The summed E-state index contributed by atoms with van der Waals surface area (Å²) in [5.41, 5.74) is 6.81. The van der Waals surface area contributed by atoms with Crippen LogP contribution in [0.15, 0.2) is 18.7 Å². The summed E-state index contributed by atoms with van der Waals surface area (Å²) >= 11 is 0. The molecule has 3 N–H and O–H groups in total. The summed E-state index contributed by atoms with van der Waals surface area (Å²) in [5.74, 6) is 0.761. The molecule has 130 valence electrons. The molecule has 1 aromatic heterocycles. The topological polar surface area (TPSA) is 88.2 Å². The van der Waals surface area contributed by atoms with Gasteiger partial charge in [-0.05, 0) is 44.4 Å². The Morgan fingerprint density at radius 3 is 2.62 bits per heavy atom. The molecule has 0 unspecified atom stereocenters. The van der Waals surface area contributed by atoms with Crippen LogP contribution in [-0.2, 0) is 4.74 Å². The van der Waals surface area contributed by atoms with Crippen molar-refractivity contribution in [1.29, 1.82) is 0 Å². The number of nitrogens with zero attached hydrogens (tertiary/aromatic N) is 2. The number of rotatable bonds is 6. The molecule has 3 atom stereocenters. The van der Waals surface area contributed by atoms with Gasteiger partial charge in [-0.1, -0.05) is 0 Å². The molecule has 0 saturated heterocycles. The predicted molar refractivity (Wildman–Crippen MR) is 88.1 cm³/mol. The van der Waals surface area contributed by atoms with E-state index in [1.807, 2.05) is 0 Å². The largest absolute Gasteiger partial charge is 0.380 e. The van der Waals surface area contributed by atoms with Crippen molar-refractivity contribution in [2.45, 2.75) is 62.3 Å². The van der Waals surface area contributed by atoms with Crippen molar-refractivity contribution in [3.63, 3.8) is 0 Å². The molecular weight excluding hydrogens is 306 g/mol. The number of hydrazine groups is 1.